The molecule has 1 aliphatic carbocycles. The van der Waals surface area contributed by atoms with E-state index in [2.05, 4.69) is 19.6 Å². The second kappa shape index (κ2) is 2.36. The summed E-state index contributed by atoms with van der Waals surface area (Å²) in [6, 6.07) is 0. The molecule has 2 heteroatoms. The molecule has 0 amide bonds. The molecule has 1 rings (SSSR count). The van der Waals surface area contributed by atoms with Crippen LogP contribution >= 0.6 is 24.8 Å². The molecule has 0 aromatic heterocycles. The third kappa shape index (κ3) is 1.06. The molecule has 0 nitrogen and oxygen atoms in total. The van der Waals surface area contributed by atoms with Gasteiger partial charge in [-0.1, -0.05) is 25.6 Å². The lowest BCUT2D eigenvalue weighted by Gasteiger charge is -1.84. The van der Waals surface area contributed by atoms with Gasteiger partial charge in [0.1, 0.15) is 0 Å². The van der Waals surface area contributed by atoms with Gasteiger partial charge in [0.05, 0.1) is 0 Å². The number of rotatable bonds is 2. The SMILES string of the molecule is CCCC1C(=S)C1S. The standard InChI is InChI=1S/C6H10S2/c1-2-3-4-5(7)6(4)8/h4-5,7H,2-3H2,1H3. The molecule has 0 aromatic carbocycles. The summed E-state index contributed by atoms with van der Waals surface area (Å²) >= 11 is 9.24. The number of thiocarbonyl (C=S) groups is 1. The highest BCUT2D eigenvalue weighted by molar-refractivity contribution is 7.88. The first-order valence-electron chi connectivity index (χ1n) is 2.99. The van der Waals surface area contributed by atoms with Crippen molar-refractivity contribution >= 4 is 29.7 Å². The lowest BCUT2D eigenvalue weighted by Crippen LogP contribution is -1.76. The van der Waals surface area contributed by atoms with Gasteiger partial charge in [-0.15, -0.1) is 0 Å². The quantitative estimate of drug-likeness (QED) is 0.460. The Balaban J connectivity index is 2.23. The zero-order chi connectivity index (χ0) is 6.15. The van der Waals surface area contributed by atoms with E-state index in [0.29, 0.717) is 11.2 Å². The second-order valence-corrected chi connectivity index (χ2v) is 3.27. The van der Waals surface area contributed by atoms with E-state index in [1.54, 1.807) is 0 Å². The lowest BCUT2D eigenvalue weighted by molar-refractivity contribution is 0.745. The van der Waals surface area contributed by atoms with Crippen molar-refractivity contribution in [3.63, 3.8) is 0 Å². The van der Waals surface area contributed by atoms with E-state index in [1.807, 2.05) is 0 Å². The first-order valence-corrected chi connectivity index (χ1v) is 3.91. The fraction of sp³-hybridized carbons (Fsp3) is 0.833. The average molecular weight is 146 g/mol. The highest BCUT2D eigenvalue weighted by atomic mass is 32.1. The minimum Gasteiger partial charge on any atom is -0.170 e. The summed E-state index contributed by atoms with van der Waals surface area (Å²) in [5.74, 6) is 0.679. The van der Waals surface area contributed by atoms with Gasteiger partial charge in [0.25, 0.3) is 0 Å². The van der Waals surface area contributed by atoms with E-state index in [9.17, 15) is 0 Å². The van der Waals surface area contributed by atoms with Crippen LogP contribution in [0.5, 0.6) is 0 Å². The Morgan fingerprint density at radius 3 is 2.38 bits per heavy atom. The molecule has 1 saturated carbocycles. The van der Waals surface area contributed by atoms with E-state index in [4.69, 9.17) is 12.2 Å². The molecule has 0 heterocycles. The van der Waals surface area contributed by atoms with Crippen molar-refractivity contribution in [1.82, 2.24) is 0 Å². The molecule has 2 atom stereocenters. The van der Waals surface area contributed by atoms with Gasteiger partial charge in [0, 0.05) is 16.0 Å². The summed E-state index contributed by atoms with van der Waals surface area (Å²) in [4.78, 5) is 1.18. The Hall–Kier alpha value is 0.440. The number of thiol groups is 1. The van der Waals surface area contributed by atoms with Crippen LogP contribution in [0, 0.1) is 5.92 Å². The summed E-state index contributed by atoms with van der Waals surface area (Å²) in [5.41, 5.74) is 0. The van der Waals surface area contributed by atoms with Crippen molar-refractivity contribution in [2.24, 2.45) is 5.92 Å². The predicted octanol–water partition coefficient (Wildman–Crippen LogP) is 2.08. The Kier molecular flexibility index (Phi) is 1.93. The number of hydrogen-bond acceptors (Lipinski definition) is 2. The molecule has 0 bridgehead atoms. The largest absolute Gasteiger partial charge is 0.170 e. The van der Waals surface area contributed by atoms with Crippen molar-refractivity contribution in [2.75, 3.05) is 0 Å². The third-order valence-electron chi connectivity index (χ3n) is 1.53. The average Bonchev–Trinajstić information content (AvgIpc) is 2.25. The van der Waals surface area contributed by atoms with E-state index >= 15 is 0 Å². The molecule has 0 aromatic rings. The molecule has 1 fully saturated rings. The molecular weight excluding hydrogens is 136 g/mol. The summed E-state index contributed by atoms with van der Waals surface area (Å²) in [5, 5.41) is 0.463. The van der Waals surface area contributed by atoms with Crippen molar-refractivity contribution in [3.8, 4) is 0 Å². The summed E-state index contributed by atoms with van der Waals surface area (Å²) in [6.45, 7) is 2.18. The van der Waals surface area contributed by atoms with Gasteiger partial charge in [-0.25, -0.2) is 0 Å². The van der Waals surface area contributed by atoms with Crippen LogP contribution in [0.25, 0.3) is 0 Å². The van der Waals surface area contributed by atoms with Crippen LogP contribution in [0.1, 0.15) is 19.8 Å². The van der Waals surface area contributed by atoms with Gasteiger partial charge in [-0.3, -0.25) is 0 Å². The minimum absolute atomic E-state index is 0.463. The van der Waals surface area contributed by atoms with Crippen LogP contribution < -0.4 is 0 Å². The summed E-state index contributed by atoms with van der Waals surface area (Å²) < 4.78 is 0. The maximum atomic E-state index is 4.98. The van der Waals surface area contributed by atoms with E-state index in [1.165, 1.54) is 17.7 Å². The minimum atomic E-state index is 0.463. The Labute approximate surface area is 61.1 Å². The zero-order valence-electron chi connectivity index (χ0n) is 4.92. The lowest BCUT2D eigenvalue weighted by atomic mass is 10.2. The third-order valence-corrected chi connectivity index (χ3v) is 2.90. The maximum Gasteiger partial charge on any atom is 0.0407 e. The van der Waals surface area contributed by atoms with E-state index < -0.39 is 0 Å². The van der Waals surface area contributed by atoms with Crippen LogP contribution in [0.15, 0.2) is 0 Å². The molecular formula is C6H10S2. The molecule has 1 aliphatic rings. The predicted molar refractivity (Wildman–Crippen MR) is 43.8 cm³/mol. The van der Waals surface area contributed by atoms with Gasteiger partial charge < -0.3 is 0 Å². The highest BCUT2D eigenvalue weighted by Crippen LogP contribution is 2.36. The Morgan fingerprint density at radius 1 is 1.75 bits per heavy atom. The van der Waals surface area contributed by atoms with E-state index in [-0.39, 0.29) is 0 Å². The molecule has 46 valence electrons. The van der Waals surface area contributed by atoms with Crippen LogP contribution in [-0.2, 0) is 0 Å². The smallest absolute Gasteiger partial charge is 0.0407 e. The Morgan fingerprint density at radius 2 is 2.25 bits per heavy atom. The number of hydrogen-bond donors (Lipinski definition) is 1. The van der Waals surface area contributed by atoms with Crippen LogP contribution in [0.3, 0.4) is 0 Å². The van der Waals surface area contributed by atoms with Crippen molar-refractivity contribution in [2.45, 2.75) is 25.0 Å². The van der Waals surface area contributed by atoms with Gasteiger partial charge in [0.15, 0.2) is 0 Å². The highest BCUT2D eigenvalue weighted by Gasteiger charge is 2.40. The molecule has 0 aliphatic heterocycles. The molecule has 0 spiro atoms. The van der Waals surface area contributed by atoms with Gasteiger partial charge in [-0.2, -0.15) is 12.6 Å². The van der Waals surface area contributed by atoms with Crippen molar-refractivity contribution in [3.05, 3.63) is 0 Å². The maximum absolute atomic E-state index is 4.98. The van der Waals surface area contributed by atoms with E-state index in [0.717, 1.165) is 0 Å². The summed E-state index contributed by atoms with van der Waals surface area (Å²) in [6.07, 6.45) is 2.48. The second-order valence-electron chi connectivity index (χ2n) is 2.24. The topological polar surface area (TPSA) is 0 Å². The fourth-order valence-electron chi connectivity index (χ4n) is 0.887. The fourth-order valence-corrected chi connectivity index (χ4v) is 1.75. The molecule has 0 radical (unpaired) electrons. The Bertz CT molecular complexity index is 109. The first-order chi connectivity index (χ1) is 3.77. The molecule has 2 unspecified atom stereocenters. The van der Waals surface area contributed by atoms with Crippen LogP contribution in [-0.4, -0.2) is 10.1 Å². The van der Waals surface area contributed by atoms with Gasteiger partial charge >= 0.3 is 0 Å². The zero-order valence-corrected chi connectivity index (χ0v) is 6.64. The van der Waals surface area contributed by atoms with Gasteiger partial charge in [-0.05, 0) is 6.42 Å². The molecule has 0 N–H and O–H groups in total. The summed E-state index contributed by atoms with van der Waals surface area (Å²) in [7, 11) is 0. The monoisotopic (exact) mass is 146 g/mol. The van der Waals surface area contributed by atoms with Crippen molar-refractivity contribution in [1.29, 1.82) is 0 Å². The first kappa shape index (κ1) is 6.56. The van der Waals surface area contributed by atoms with Crippen molar-refractivity contribution < 1.29 is 0 Å². The molecule has 0 saturated heterocycles. The van der Waals surface area contributed by atoms with Crippen LogP contribution in [0.4, 0.5) is 0 Å². The van der Waals surface area contributed by atoms with Gasteiger partial charge in [0.2, 0.25) is 0 Å². The van der Waals surface area contributed by atoms with Crippen LogP contribution in [0.2, 0.25) is 0 Å². The molecule has 8 heavy (non-hydrogen) atoms. The normalized spacial score (nSPS) is 35.5.